The summed E-state index contributed by atoms with van der Waals surface area (Å²) in [6.45, 7) is 10.1. The highest BCUT2D eigenvalue weighted by molar-refractivity contribution is 5.80. The molecule has 20 heavy (non-hydrogen) atoms. The molecule has 0 aliphatic rings. The Bertz CT molecular complexity index is 455. The van der Waals surface area contributed by atoms with Crippen LogP contribution in [0.3, 0.4) is 0 Å². The molecule has 0 saturated heterocycles. The van der Waals surface area contributed by atoms with Crippen LogP contribution in [0.5, 0.6) is 5.75 Å². The van der Waals surface area contributed by atoms with E-state index in [0.717, 1.165) is 11.1 Å². The minimum Gasteiger partial charge on any atom is -0.481 e. The van der Waals surface area contributed by atoms with Gasteiger partial charge in [0.05, 0.1) is 6.10 Å². The van der Waals surface area contributed by atoms with Crippen molar-refractivity contribution in [2.24, 2.45) is 5.92 Å². The SMILES string of the molecule is Cc1cc(C(C)O)ccc1OC(C)C(=O)NCC(C)C. The van der Waals surface area contributed by atoms with Crippen LogP contribution in [0.1, 0.15) is 44.9 Å². The second kappa shape index (κ2) is 7.29. The normalized spacial score (nSPS) is 13.9. The van der Waals surface area contributed by atoms with Gasteiger partial charge in [0.1, 0.15) is 5.75 Å². The van der Waals surface area contributed by atoms with Gasteiger partial charge in [-0.1, -0.05) is 19.9 Å². The molecule has 0 aromatic heterocycles. The fourth-order valence-electron chi connectivity index (χ4n) is 1.76. The fraction of sp³-hybridized carbons (Fsp3) is 0.562. The summed E-state index contributed by atoms with van der Waals surface area (Å²) < 4.78 is 5.68. The van der Waals surface area contributed by atoms with Gasteiger partial charge in [0.15, 0.2) is 6.10 Å². The van der Waals surface area contributed by atoms with E-state index in [9.17, 15) is 9.90 Å². The third-order valence-corrected chi connectivity index (χ3v) is 3.04. The molecule has 0 heterocycles. The van der Waals surface area contributed by atoms with Gasteiger partial charge in [0.2, 0.25) is 0 Å². The lowest BCUT2D eigenvalue weighted by Gasteiger charge is -2.18. The molecule has 0 aliphatic carbocycles. The van der Waals surface area contributed by atoms with E-state index in [1.54, 1.807) is 19.9 Å². The number of benzene rings is 1. The number of hydrogen-bond acceptors (Lipinski definition) is 3. The molecule has 1 aromatic carbocycles. The molecule has 2 N–H and O–H groups in total. The predicted octanol–water partition coefficient (Wildman–Crippen LogP) is 2.59. The molecule has 2 atom stereocenters. The molecule has 1 rings (SSSR count). The molecular formula is C16H25NO3. The quantitative estimate of drug-likeness (QED) is 0.841. The van der Waals surface area contributed by atoms with Crippen LogP contribution in [0.25, 0.3) is 0 Å². The zero-order chi connectivity index (χ0) is 15.3. The zero-order valence-electron chi connectivity index (χ0n) is 12.9. The lowest BCUT2D eigenvalue weighted by Crippen LogP contribution is -2.38. The van der Waals surface area contributed by atoms with Crippen LogP contribution in [-0.4, -0.2) is 23.7 Å². The van der Waals surface area contributed by atoms with E-state index in [4.69, 9.17) is 4.74 Å². The van der Waals surface area contributed by atoms with Gasteiger partial charge in [-0.3, -0.25) is 4.79 Å². The van der Waals surface area contributed by atoms with Crippen LogP contribution < -0.4 is 10.1 Å². The zero-order valence-corrected chi connectivity index (χ0v) is 12.9. The largest absolute Gasteiger partial charge is 0.481 e. The summed E-state index contributed by atoms with van der Waals surface area (Å²) in [5.41, 5.74) is 1.75. The Morgan fingerprint density at radius 3 is 2.45 bits per heavy atom. The van der Waals surface area contributed by atoms with Crippen LogP contribution >= 0.6 is 0 Å². The Morgan fingerprint density at radius 1 is 1.30 bits per heavy atom. The van der Waals surface area contributed by atoms with Crippen LogP contribution in [0.2, 0.25) is 0 Å². The molecule has 0 saturated carbocycles. The highest BCUT2D eigenvalue weighted by Gasteiger charge is 2.16. The summed E-state index contributed by atoms with van der Waals surface area (Å²) in [4.78, 5) is 11.9. The number of rotatable bonds is 6. The number of aliphatic hydroxyl groups excluding tert-OH is 1. The highest BCUT2D eigenvalue weighted by atomic mass is 16.5. The Morgan fingerprint density at radius 2 is 1.95 bits per heavy atom. The molecule has 1 aromatic rings. The number of amides is 1. The first-order valence-electron chi connectivity index (χ1n) is 7.04. The number of nitrogens with one attached hydrogen (secondary N) is 1. The summed E-state index contributed by atoms with van der Waals surface area (Å²) in [5, 5.41) is 12.4. The average molecular weight is 279 g/mol. The van der Waals surface area contributed by atoms with Gasteiger partial charge in [-0.05, 0) is 49.9 Å². The lowest BCUT2D eigenvalue weighted by atomic mass is 10.1. The predicted molar refractivity (Wildman–Crippen MR) is 79.8 cm³/mol. The number of ether oxygens (including phenoxy) is 1. The van der Waals surface area contributed by atoms with Crippen molar-refractivity contribution in [3.8, 4) is 5.75 Å². The number of aryl methyl sites for hydroxylation is 1. The van der Waals surface area contributed by atoms with Crippen LogP contribution in [-0.2, 0) is 4.79 Å². The van der Waals surface area contributed by atoms with Crippen molar-refractivity contribution < 1.29 is 14.6 Å². The van der Waals surface area contributed by atoms with Gasteiger partial charge in [0.25, 0.3) is 5.91 Å². The molecule has 1 amide bonds. The van der Waals surface area contributed by atoms with Crippen molar-refractivity contribution in [1.82, 2.24) is 5.32 Å². The standard InChI is InChI=1S/C16H25NO3/c1-10(2)9-17-16(19)13(5)20-15-7-6-14(12(4)18)8-11(15)3/h6-8,10,12-13,18H,9H2,1-5H3,(H,17,19). The maximum absolute atomic E-state index is 11.9. The monoisotopic (exact) mass is 279 g/mol. The first-order chi connectivity index (χ1) is 9.31. The molecule has 4 heteroatoms. The lowest BCUT2D eigenvalue weighted by molar-refractivity contribution is -0.127. The number of carbonyl (C=O) groups excluding carboxylic acids is 1. The maximum atomic E-state index is 11.9. The molecule has 4 nitrogen and oxygen atoms in total. The topological polar surface area (TPSA) is 58.6 Å². The first-order valence-corrected chi connectivity index (χ1v) is 7.04. The van der Waals surface area contributed by atoms with E-state index in [1.165, 1.54) is 0 Å². The van der Waals surface area contributed by atoms with Crippen molar-refractivity contribution >= 4 is 5.91 Å². The molecule has 0 radical (unpaired) electrons. The van der Waals surface area contributed by atoms with E-state index in [-0.39, 0.29) is 5.91 Å². The van der Waals surface area contributed by atoms with Crippen LogP contribution in [0.4, 0.5) is 0 Å². The van der Waals surface area contributed by atoms with Gasteiger partial charge in [0, 0.05) is 6.54 Å². The van der Waals surface area contributed by atoms with E-state index < -0.39 is 12.2 Å². The van der Waals surface area contributed by atoms with Gasteiger partial charge in [-0.25, -0.2) is 0 Å². The molecule has 0 aliphatic heterocycles. The third-order valence-electron chi connectivity index (χ3n) is 3.04. The van der Waals surface area contributed by atoms with Crippen molar-refractivity contribution in [3.63, 3.8) is 0 Å². The number of aliphatic hydroxyl groups is 1. The third kappa shape index (κ3) is 4.85. The molecule has 112 valence electrons. The van der Waals surface area contributed by atoms with Crippen molar-refractivity contribution in [3.05, 3.63) is 29.3 Å². The van der Waals surface area contributed by atoms with Crippen LogP contribution in [0.15, 0.2) is 18.2 Å². The molecule has 0 spiro atoms. The molecule has 0 bridgehead atoms. The van der Waals surface area contributed by atoms with E-state index >= 15 is 0 Å². The van der Waals surface area contributed by atoms with E-state index in [2.05, 4.69) is 5.32 Å². The Kier molecular flexibility index (Phi) is 6.02. The highest BCUT2D eigenvalue weighted by Crippen LogP contribution is 2.23. The Hall–Kier alpha value is -1.55. The summed E-state index contributed by atoms with van der Waals surface area (Å²) in [6, 6.07) is 5.48. The Labute approximate surface area is 121 Å². The van der Waals surface area contributed by atoms with Crippen molar-refractivity contribution in [2.45, 2.75) is 46.8 Å². The summed E-state index contributed by atoms with van der Waals surface area (Å²) >= 11 is 0. The summed E-state index contributed by atoms with van der Waals surface area (Å²) in [7, 11) is 0. The van der Waals surface area contributed by atoms with E-state index in [1.807, 2.05) is 32.9 Å². The summed E-state index contributed by atoms with van der Waals surface area (Å²) in [6.07, 6.45) is -1.04. The number of hydrogen-bond donors (Lipinski definition) is 2. The van der Waals surface area contributed by atoms with Gasteiger partial charge in [-0.15, -0.1) is 0 Å². The molecular weight excluding hydrogens is 254 g/mol. The first kappa shape index (κ1) is 16.5. The minimum atomic E-state index is -0.537. The van der Waals surface area contributed by atoms with Crippen molar-refractivity contribution in [2.75, 3.05) is 6.54 Å². The second-order valence-corrected chi connectivity index (χ2v) is 5.60. The van der Waals surface area contributed by atoms with Crippen molar-refractivity contribution in [1.29, 1.82) is 0 Å². The van der Waals surface area contributed by atoms with E-state index in [0.29, 0.717) is 18.2 Å². The van der Waals surface area contributed by atoms with Gasteiger partial charge < -0.3 is 15.2 Å². The molecule has 0 fully saturated rings. The maximum Gasteiger partial charge on any atom is 0.260 e. The average Bonchev–Trinajstić information content (AvgIpc) is 2.37. The van der Waals surface area contributed by atoms with Crippen LogP contribution in [0, 0.1) is 12.8 Å². The van der Waals surface area contributed by atoms with Gasteiger partial charge >= 0.3 is 0 Å². The minimum absolute atomic E-state index is 0.113. The summed E-state index contributed by atoms with van der Waals surface area (Å²) in [5.74, 6) is 0.970. The smallest absolute Gasteiger partial charge is 0.260 e. The van der Waals surface area contributed by atoms with Gasteiger partial charge in [-0.2, -0.15) is 0 Å². The fourth-order valence-corrected chi connectivity index (χ4v) is 1.76. The Balaban J connectivity index is 2.66. The second-order valence-electron chi connectivity index (χ2n) is 5.60. The molecule has 2 unspecified atom stereocenters. The number of carbonyl (C=O) groups is 1.